The van der Waals surface area contributed by atoms with Gasteiger partial charge in [-0.3, -0.25) is 0 Å². The second kappa shape index (κ2) is 5.82. The molecule has 0 spiro atoms. The number of hydrogen-bond acceptors (Lipinski definition) is 3. The van der Waals surface area contributed by atoms with Gasteiger partial charge in [-0.05, 0) is 29.2 Å². The van der Waals surface area contributed by atoms with Gasteiger partial charge in [0.15, 0.2) is 0 Å². The summed E-state index contributed by atoms with van der Waals surface area (Å²) in [5.41, 5.74) is 7.98. The molecule has 2 aromatic carbocycles. The number of rotatable bonds is 2. The molecule has 1 heterocycles. The van der Waals surface area contributed by atoms with E-state index in [1.165, 1.54) is 11.5 Å². The van der Waals surface area contributed by atoms with Crippen LogP contribution < -0.4 is 22.1 Å². The van der Waals surface area contributed by atoms with Gasteiger partial charge in [0.2, 0.25) is 0 Å². The summed E-state index contributed by atoms with van der Waals surface area (Å²) in [5.74, 6) is 0.879. The average molecular weight is 290 g/mol. The van der Waals surface area contributed by atoms with Crippen molar-refractivity contribution in [1.82, 2.24) is 4.98 Å². The summed E-state index contributed by atoms with van der Waals surface area (Å²) in [6, 6.07) is 20.2. The molecule has 0 saturated carbocycles. The van der Waals surface area contributed by atoms with Crippen LogP contribution in [0.2, 0.25) is 0 Å². The van der Waals surface area contributed by atoms with Gasteiger partial charge in [0, 0.05) is 0 Å². The van der Waals surface area contributed by atoms with Crippen molar-refractivity contribution >= 4 is 16.7 Å². The molecule has 3 rings (SSSR count). The standard InChI is InChI=1S/C14H11N3S.ClH/c15-14-16-13(11-7-3-1-4-8-11)17(18-14)12-9-5-2-6-10-12;/h1-10,15H;1H. The fraction of sp³-hybridized carbons (Fsp3) is 0. The number of nitrogens with two attached hydrogens (primary N) is 1. The maximum absolute atomic E-state index is 5.84. The Balaban J connectivity index is 0.00000133. The third kappa shape index (κ3) is 2.75. The molecule has 0 unspecified atom stereocenters. The van der Waals surface area contributed by atoms with Crippen molar-refractivity contribution in [2.24, 2.45) is 0 Å². The summed E-state index contributed by atoms with van der Waals surface area (Å²) < 4.78 is 2.05. The maximum atomic E-state index is 5.84. The molecule has 96 valence electrons. The summed E-state index contributed by atoms with van der Waals surface area (Å²) in [6.07, 6.45) is 0. The Labute approximate surface area is 121 Å². The minimum absolute atomic E-state index is 0. The molecule has 0 bridgehead atoms. The van der Waals surface area contributed by atoms with Crippen molar-refractivity contribution in [3.63, 3.8) is 0 Å². The SMILES string of the molecule is Nc1nc(-c2ccccc2)[n+](-c2ccccc2)s1.[Cl-]. The Morgan fingerprint density at radius 1 is 0.895 bits per heavy atom. The largest absolute Gasteiger partial charge is 1.00 e. The molecule has 0 aliphatic heterocycles. The second-order valence-corrected chi connectivity index (χ2v) is 4.83. The van der Waals surface area contributed by atoms with Gasteiger partial charge in [0.25, 0.3) is 0 Å². The minimum atomic E-state index is 0. The highest BCUT2D eigenvalue weighted by Crippen LogP contribution is 2.19. The highest BCUT2D eigenvalue weighted by Gasteiger charge is 2.22. The van der Waals surface area contributed by atoms with Gasteiger partial charge in [-0.25, -0.2) is 0 Å². The van der Waals surface area contributed by atoms with E-state index in [-0.39, 0.29) is 12.4 Å². The van der Waals surface area contributed by atoms with Crippen LogP contribution >= 0.6 is 11.5 Å². The van der Waals surface area contributed by atoms with E-state index >= 15 is 0 Å². The van der Waals surface area contributed by atoms with Gasteiger partial charge in [0.05, 0.1) is 5.56 Å². The van der Waals surface area contributed by atoms with Crippen LogP contribution in [-0.2, 0) is 0 Å². The molecule has 0 aliphatic carbocycles. The van der Waals surface area contributed by atoms with Crippen LogP contribution in [0.1, 0.15) is 0 Å². The van der Waals surface area contributed by atoms with Crippen molar-refractivity contribution in [3.05, 3.63) is 60.7 Å². The fourth-order valence-corrected chi connectivity index (χ4v) is 2.59. The van der Waals surface area contributed by atoms with Crippen LogP contribution in [0.15, 0.2) is 60.7 Å². The van der Waals surface area contributed by atoms with Gasteiger partial charge in [-0.1, -0.05) is 36.4 Å². The quantitative estimate of drug-likeness (QED) is 0.657. The van der Waals surface area contributed by atoms with E-state index in [2.05, 4.69) is 4.98 Å². The molecular weight excluding hydrogens is 278 g/mol. The van der Waals surface area contributed by atoms with Gasteiger partial charge in [-0.15, -0.1) is 3.96 Å². The first-order valence-electron chi connectivity index (χ1n) is 5.64. The summed E-state index contributed by atoms with van der Waals surface area (Å²) in [6.45, 7) is 0. The number of halogens is 1. The van der Waals surface area contributed by atoms with E-state index in [0.29, 0.717) is 5.13 Å². The highest BCUT2D eigenvalue weighted by atomic mass is 35.5. The molecular formula is C14H12ClN3S. The second-order valence-electron chi connectivity index (χ2n) is 3.86. The van der Waals surface area contributed by atoms with Crippen LogP contribution in [0.3, 0.4) is 0 Å². The van der Waals surface area contributed by atoms with E-state index in [1.54, 1.807) is 0 Å². The van der Waals surface area contributed by atoms with E-state index in [1.807, 2.05) is 64.6 Å². The van der Waals surface area contributed by atoms with Crippen molar-refractivity contribution in [2.45, 2.75) is 0 Å². The first-order chi connectivity index (χ1) is 8.84. The number of para-hydroxylation sites is 1. The maximum Gasteiger partial charge on any atom is 0.350 e. The third-order valence-corrected chi connectivity index (χ3v) is 3.46. The number of anilines is 1. The number of benzene rings is 2. The van der Waals surface area contributed by atoms with Crippen molar-refractivity contribution in [3.8, 4) is 17.1 Å². The lowest BCUT2D eigenvalue weighted by atomic mass is 10.2. The number of nitrogens with zero attached hydrogens (tertiary/aromatic N) is 2. The molecule has 0 aliphatic rings. The van der Waals surface area contributed by atoms with Gasteiger partial charge >= 0.3 is 11.0 Å². The zero-order chi connectivity index (χ0) is 12.4. The molecule has 0 fully saturated rings. The van der Waals surface area contributed by atoms with Crippen LogP contribution in [0.5, 0.6) is 0 Å². The van der Waals surface area contributed by atoms with Gasteiger partial charge in [-0.2, -0.15) is 0 Å². The lowest BCUT2D eigenvalue weighted by Gasteiger charge is -1.96. The predicted octanol–water partition coefficient (Wildman–Crippen LogP) is -0.327. The molecule has 0 amide bonds. The lowest BCUT2D eigenvalue weighted by Crippen LogP contribution is -3.00. The Kier molecular flexibility index (Phi) is 4.14. The third-order valence-electron chi connectivity index (χ3n) is 2.62. The molecule has 1 aromatic heterocycles. The van der Waals surface area contributed by atoms with Crippen molar-refractivity contribution in [1.29, 1.82) is 0 Å². The van der Waals surface area contributed by atoms with E-state index < -0.39 is 0 Å². The first kappa shape index (κ1) is 13.5. The lowest BCUT2D eigenvalue weighted by molar-refractivity contribution is -0.509. The van der Waals surface area contributed by atoms with Crippen LogP contribution in [-0.4, -0.2) is 4.98 Å². The number of nitrogen functional groups attached to an aromatic ring is 1. The van der Waals surface area contributed by atoms with E-state index in [0.717, 1.165) is 17.1 Å². The zero-order valence-electron chi connectivity index (χ0n) is 10.0. The Morgan fingerprint density at radius 3 is 2.11 bits per heavy atom. The number of aromatic nitrogens is 2. The van der Waals surface area contributed by atoms with Gasteiger partial charge < -0.3 is 18.1 Å². The average Bonchev–Trinajstić information content (AvgIpc) is 2.83. The molecule has 5 heteroatoms. The van der Waals surface area contributed by atoms with Gasteiger partial charge in [0.1, 0.15) is 17.2 Å². The Hall–Kier alpha value is -1.91. The monoisotopic (exact) mass is 289 g/mol. The zero-order valence-corrected chi connectivity index (χ0v) is 11.6. The topological polar surface area (TPSA) is 42.8 Å². The van der Waals surface area contributed by atoms with Crippen LogP contribution in [0, 0.1) is 0 Å². The molecule has 19 heavy (non-hydrogen) atoms. The molecule has 0 saturated heterocycles. The first-order valence-corrected chi connectivity index (χ1v) is 6.41. The van der Waals surface area contributed by atoms with Crippen molar-refractivity contribution < 1.29 is 16.4 Å². The van der Waals surface area contributed by atoms with Crippen molar-refractivity contribution in [2.75, 3.05) is 5.73 Å². The summed E-state index contributed by atoms with van der Waals surface area (Å²) in [4.78, 5) is 4.42. The molecule has 2 N–H and O–H groups in total. The summed E-state index contributed by atoms with van der Waals surface area (Å²) in [7, 11) is 0. The smallest absolute Gasteiger partial charge is 0.350 e. The fourth-order valence-electron chi connectivity index (χ4n) is 1.81. The summed E-state index contributed by atoms with van der Waals surface area (Å²) >= 11 is 1.45. The van der Waals surface area contributed by atoms with Crippen LogP contribution in [0.4, 0.5) is 5.13 Å². The Morgan fingerprint density at radius 2 is 1.47 bits per heavy atom. The normalized spacial score (nSPS) is 9.89. The predicted molar refractivity (Wildman–Crippen MR) is 73.5 cm³/mol. The highest BCUT2D eigenvalue weighted by molar-refractivity contribution is 7.05. The molecule has 0 atom stereocenters. The summed E-state index contributed by atoms with van der Waals surface area (Å²) in [5, 5.41) is 0.567. The molecule has 3 aromatic rings. The minimum Gasteiger partial charge on any atom is -1.00 e. The molecule has 0 radical (unpaired) electrons. The van der Waals surface area contributed by atoms with E-state index in [9.17, 15) is 0 Å². The molecule has 3 nitrogen and oxygen atoms in total. The number of hydrogen-bond donors (Lipinski definition) is 1. The van der Waals surface area contributed by atoms with E-state index in [4.69, 9.17) is 5.73 Å². The van der Waals surface area contributed by atoms with Crippen LogP contribution in [0.25, 0.3) is 17.1 Å². The Bertz CT molecular complexity index is 596.